The second kappa shape index (κ2) is 8.19. The average Bonchev–Trinajstić information content (AvgIpc) is 2.72. The maximum atomic E-state index is 13.3. The molecule has 5 nitrogen and oxygen atoms in total. The highest BCUT2D eigenvalue weighted by Gasteiger charge is 2.37. The van der Waals surface area contributed by atoms with Crippen molar-refractivity contribution < 1.29 is 22.6 Å². The minimum Gasteiger partial charge on any atom is -0.497 e. The van der Waals surface area contributed by atoms with Crippen LogP contribution >= 0.6 is 0 Å². The zero-order valence-electron chi connectivity index (χ0n) is 15.6. The second-order valence-electron chi connectivity index (χ2n) is 6.18. The van der Waals surface area contributed by atoms with E-state index in [0.29, 0.717) is 16.9 Å². The molecule has 0 aliphatic heterocycles. The van der Waals surface area contributed by atoms with E-state index in [1.807, 2.05) is 6.07 Å². The Morgan fingerprint density at radius 1 is 1.00 bits per heavy atom. The monoisotopic (exact) mass is 399 g/mol. The summed E-state index contributed by atoms with van der Waals surface area (Å²) in [6.07, 6.45) is -4.65. The summed E-state index contributed by atoms with van der Waals surface area (Å²) in [4.78, 5) is 0. The van der Waals surface area contributed by atoms with Crippen LogP contribution in [0.25, 0.3) is 11.3 Å². The molecule has 0 saturated heterocycles. The predicted molar refractivity (Wildman–Crippen MR) is 99.2 cm³/mol. The van der Waals surface area contributed by atoms with Crippen LogP contribution in [0.5, 0.6) is 11.5 Å². The van der Waals surface area contributed by atoms with Crippen molar-refractivity contribution in [2.24, 2.45) is 0 Å². The Hall–Kier alpha value is -3.60. The number of halogens is 3. The van der Waals surface area contributed by atoms with Gasteiger partial charge in [0.15, 0.2) is 11.4 Å². The van der Waals surface area contributed by atoms with Crippen LogP contribution in [0, 0.1) is 18.3 Å². The molecule has 0 amide bonds. The largest absolute Gasteiger partial charge is 0.497 e. The number of nitrogens with zero attached hydrogens (tertiary/aromatic N) is 3. The third kappa shape index (κ3) is 4.46. The van der Waals surface area contributed by atoms with Crippen LogP contribution in [-0.2, 0) is 12.8 Å². The zero-order valence-corrected chi connectivity index (χ0v) is 15.6. The van der Waals surface area contributed by atoms with E-state index in [9.17, 15) is 13.2 Å². The van der Waals surface area contributed by atoms with Crippen molar-refractivity contribution in [2.45, 2.75) is 19.7 Å². The van der Waals surface area contributed by atoms with Crippen molar-refractivity contribution >= 4 is 0 Å². The van der Waals surface area contributed by atoms with Gasteiger partial charge in [0.2, 0.25) is 0 Å². The van der Waals surface area contributed by atoms with Crippen molar-refractivity contribution in [3.8, 4) is 28.8 Å². The smallest absolute Gasteiger partial charge is 0.435 e. The maximum absolute atomic E-state index is 13.3. The molecule has 1 aromatic heterocycles. The molecule has 8 heteroatoms. The number of rotatable bonds is 5. The highest BCUT2D eigenvalue weighted by molar-refractivity contribution is 5.68. The highest BCUT2D eigenvalue weighted by Crippen LogP contribution is 2.38. The predicted octanol–water partition coefficient (Wildman–Crippen LogP) is 4.93. The molecule has 1 heterocycles. The minimum atomic E-state index is -4.65. The molecule has 2 aromatic carbocycles. The van der Waals surface area contributed by atoms with Crippen LogP contribution in [0.15, 0.2) is 48.5 Å². The summed E-state index contributed by atoms with van der Waals surface area (Å²) in [5, 5.41) is 16.1. The molecule has 0 saturated carbocycles. The molecule has 0 atom stereocenters. The summed E-state index contributed by atoms with van der Waals surface area (Å²) in [6.45, 7) is 1.34. The van der Waals surface area contributed by atoms with Gasteiger partial charge in [0.05, 0.1) is 18.7 Å². The van der Waals surface area contributed by atoms with Gasteiger partial charge in [0.1, 0.15) is 18.1 Å². The Kier molecular flexibility index (Phi) is 5.69. The molecule has 0 aliphatic rings. The zero-order chi connectivity index (χ0) is 21.0. The maximum Gasteiger partial charge on any atom is 0.435 e. The van der Waals surface area contributed by atoms with E-state index in [1.54, 1.807) is 55.6 Å². The third-order valence-electron chi connectivity index (χ3n) is 4.26. The number of hydrogen-bond acceptors (Lipinski definition) is 5. The van der Waals surface area contributed by atoms with Crippen molar-refractivity contribution in [1.29, 1.82) is 5.26 Å². The SMILES string of the molecule is COc1ccc(COc2c(-c3ccc(C#N)cc3)nnc(C(F)(F)F)c2C)cc1. The Bertz CT molecular complexity index is 1040. The Labute approximate surface area is 165 Å². The summed E-state index contributed by atoms with van der Waals surface area (Å²) in [6, 6.07) is 15.3. The molecule has 0 radical (unpaired) electrons. The Balaban J connectivity index is 2.01. The first-order chi connectivity index (χ1) is 13.8. The van der Waals surface area contributed by atoms with Crippen molar-refractivity contribution in [3.05, 3.63) is 70.9 Å². The normalized spacial score (nSPS) is 11.0. The molecule has 3 rings (SSSR count). The molecule has 0 aliphatic carbocycles. The number of nitriles is 1. The van der Waals surface area contributed by atoms with E-state index in [-0.39, 0.29) is 23.6 Å². The van der Waals surface area contributed by atoms with Crippen LogP contribution in [0.3, 0.4) is 0 Å². The van der Waals surface area contributed by atoms with Gasteiger partial charge < -0.3 is 9.47 Å². The summed E-state index contributed by atoms with van der Waals surface area (Å²) in [5.41, 5.74) is 0.596. The van der Waals surface area contributed by atoms with Crippen molar-refractivity contribution in [1.82, 2.24) is 10.2 Å². The number of aromatic nitrogens is 2. The summed E-state index contributed by atoms with van der Waals surface area (Å²) >= 11 is 0. The molecule has 0 bridgehead atoms. The first-order valence-electron chi connectivity index (χ1n) is 8.54. The lowest BCUT2D eigenvalue weighted by molar-refractivity contribution is -0.142. The summed E-state index contributed by atoms with van der Waals surface area (Å²) in [7, 11) is 1.54. The second-order valence-corrected chi connectivity index (χ2v) is 6.18. The number of methoxy groups -OCH3 is 1. The van der Waals surface area contributed by atoms with Gasteiger partial charge >= 0.3 is 6.18 Å². The number of ether oxygens (including phenoxy) is 2. The van der Waals surface area contributed by atoms with Gasteiger partial charge in [0.25, 0.3) is 0 Å². The van der Waals surface area contributed by atoms with Crippen LogP contribution in [0.4, 0.5) is 13.2 Å². The van der Waals surface area contributed by atoms with E-state index in [4.69, 9.17) is 14.7 Å². The van der Waals surface area contributed by atoms with Gasteiger partial charge in [-0.3, -0.25) is 0 Å². The number of benzene rings is 2. The lowest BCUT2D eigenvalue weighted by Gasteiger charge is -2.17. The average molecular weight is 399 g/mol. The van der Waals surface area contributed by atoms with Gasteiger partial charge in [-0.05, 0) is 36.8 Å². The van der Waals surface area contributed by atoms with Gasteiger partial charge in [0, 0.05) is 11.1 Å². The topological polar surface area (TPSA) is 68.0 Å². The molecular formula is C21H16F3N3O2. The van der Waals surface area contributed by atoms with Gasteiger partial charge in [-0.2, -0.15) is 18.4 Å². The summed E-state index contributed by atoms with van der Waals surface area (Å²) in [5.74, 6) is 0.654. The first kappa shape index (κ1) is 20.1. The van der Waals surface area contributed by atoms with Crippen LogP contribution < -0.4 is 9.47 Å². The van der Waals surface area contributed by atoms with Crippen molar-refractivity contribution in [3.63, 3.8) is 0 Å². The highest BCUT2D eigenvalue weighted by atomic mass is 19.4. The van der Waals surface area contributed by atoms with Crippen molar-refractivity contribution in [2.75, 3.05) is 7.11 Å². The Morgan fingerprint density at radius 2 is 1.66 bits per heavy atom. The van der Waals surface area contributed by atoms with Crippen LogP contribution in [0.1, 0.15) is 22.4 Å². The fourth-order valence-electron chi connectivity index (χ4n) is 2.72. The molecule has 148 valence electrons. The number of hydrogen-bond donors (Lipinski definition) is 0. The molecule has 3 aromatic rings. The molecule has 29 heavy (non-hydrogen) atoms. The van der Waals surface area contributed by atoms with E-state index in [0.717, 1.165) is 5.56 Å². The minimum absolute atomic E-state index is 0.00662. The molecule has 0 fully saturated rings. The summed E-state index contributed by atoms with van der Waals surface area (Å²) < 4.78 is 50.8. The van der Waals surface area contributed by atoms with E-state index >= 15 is 0 Å². The molecule has 0 unspecified atom stereocenters. The van der Waals surface area contributed by atoms with Crippen LogP contribution in [0.2, 0.25) is 0 Å². The van der Waals surface area contributed by atoms with E-state index in [2.05, 4.69) is 10.2 Å². The van der Waals surface area contributed by atoms with Crippen LogP contribution in [-0.4, -0.2) is 17.3 Å². The van der Waals surface area contributed by atoms with E-state index in [1.165, 1.54) is 6.92 Å². The molecule has 0 N–H and O–H groups in total. The van der Waals surface area contributed by atoms with Gasteiger partial charge in [-0.15, -0.1) is 10.2 Å². The fourth-order valence-corrected chi connectivity index (χ4v) is 2.72. The first-order valence-corrected chi connectivity index (χ1v) is 8.54. The lowest BCUT2D eigenvalue weighted by atomic mass is 10.1. The standard InChI is InChI=1S/C21H16F3N3O2/c1-13-19(29-12-15-5-9-17(28-2)10-6-15)18(26-27-20(13)21(22,23)24)16-7-3-14(11-25)4-8-16/h3-10H,12H2,1-2H3. The molecular weight excluding hydrogens is 383 g/mol. The lowest BCUT2D eigenvalue weighted by Crippen LogP contribution is -2.14. The third-order valence-corrected chi connectivity index (χ3v) is 4.26. The quantitative estimate of drug-likeness (QED) is 0.609. The van der Waals surface area contributed by atoms with Gasteiger partial charge in [-0.25, -0.2) is 0 Å². The molecule has 0 spiro atoms. The Morgan fingerprint density at radius 3 is 2.21 bits per heavy atom. The van der Waals surface area contributed by atoms with E-state index < -0.39 is 11.9 Å². The number of alkyl halides is 3. The fraction of sp³-hybridized carbons (Fsp3) is 0.190. The van der Waals surface area contributed by atoms with Gasteiger partial charge in [-0.1, -0.05) is 24.3 Å².